The van der Waals surface area contributed by atoms with Crippen molar-refractivity contribution in [2.24, 2.45) is 23.7 Å². The topological polar surface area (TPSA) is 94.2 Å². The average Bonchev–Trinajstić information content (AvgIpc) is 3.42. The second-order valence-electron chi connectivity index (χ2n) is 12.0. The van der Waals surface area contributed by atoms with Gasteiger partial charge in [-0.25, -0.2) is 13.1 Å². The first-order valence-corrected chi connectivity index (χ1v) is 16.8. The van der Waals surface area contributed by atoms with Crippen LogP contribution in [0.25, 0.3) is 0 Å². The highest BCUT2D eigenvalue weighted by atomic mass is 35.5. The number of allylic oxidation sites excluding steroid dienone is 1. The van der Waals surface area contributed by atoms with Gasteiger partial charge in [-0.2, -0.15) is 0 Å². The first-order valence-electron chi connectivity index (χ1n) is 15.0. The van der Waals surface area contributed by atoms with Crippen molar-refractivity contribution in [2.75, 3.05) is 38.3 Å². The number of sulfonamides is 1. The molecule has 2 bridgehead atoms. The van der Waals surface area contributed by atoms with E-state index in [9.17, 15) is 13.2 Å². The molecule has 0 radical (unpaired) electrons. The Morgan fingerprint density at radius 1 is 1.05 bits per heavy atom. The summed E-state index contributed by atoms with van der Waals surface area (Å²) in [6.07, 6.45) is 9.76. The summed E-state index contributed by atoms with van der Waals surface area (Å²) in [6.45, 7) is 2.49. The minimum Gasteiger partial charge on any atom is -0.487 e. The normalized spacial score (nSPS) is 30.3. The van der Waals surface area contributed by atoms with E-state index in [0.717, 1.165) is 56.4 Å². The molecule has 0 aromatic heterocycles. The Morgan fingerprint density at radius 2 is 1.93 bits per heavy atom. The van der Waals surface area contributed by atoms with E-state index in [1.165, 1.54) is 11.6 Å². The van der Waals surface area contributed by atoms with Gasteiger partial charge in [0.05, 0.1) is 35.8 Å². The molecule has 1 N–H and O–H groups in total. The number of nitrogens with zero attached hydrogens (tertiary/aromatic N) is 1. The Morgan fingerprint density at radius 3 is 2.74 bits per heavy atom. The molecule has 1 saturated carbocycles. The van der Waals surface area contributed by atoms with Crippen molar-refractivity contribution in [3.05, 3.63) is 64.7 Å². The van der Waals surface area contributed by atoms with E-state index in [2.05, 4.69) is 21.8 Å². The first-order chi connectivity index (χ1) is 20.3. The molecular formula is C32H39ClN2O6S. The summed E-state index contributed by atoms with van der Waals surface area (Å²) >= 11 is 6.32. The van der Waals surface area contributed by atoms with Crippen molar-refractivity contribution < 1.29 is 27.4 Å². The molecular weight excluding hydrogens is 576 g/mol. The molecule has 2 aromatic carbocycles. The third-order valence-electron chi connectivity index (χ3n) is 9.42. The smallest absolute Gasteiger partial charge is 0.264 e. The summed E-state index contributed by atoms with van der Waals surface area (Å²) in [6, 6.07) is 10.8. The SMILES string of the molecule is CO[C@H]1/C=C/CC2COC[C@H]2C(=O)NS(=O)(=O)c2ccc3c(c2)N(CCCCc2cc(Cl)ccc2CO3)C[C@@H]2CC[C@H]21. The van der Waals surface area contributed by atoms with Crippen LogP contribution >= 0.6 is 11.6 Å². The van der Waals surface area contributed by atoms with Crippen LogP contribution in [0.4, 0.5) is 5.69 Å². The third kappa shape index (κ3) is 6.20. The van der Waals surface area contributed by atoms with Gasteiger partial charge < -0.3 is 19.1 Å². The van der Waals surface area contributed by atoms with Gasteiger partial charge in [-0.05, 0) is 97.7 Å². The lowest BCUT2D eigenvalue weighted by Gasteiger charge is -2.43. The fourth-order valence-corrected chi connectivity index (χ4v) is 8.04. The van der Waals surface area contributed by atoms with Crippen LogP contribution in [0.3, 0.4) is 0 Å². The van der Waals surface area contributed by atoms with Crippen molar-refractivity contribution in [1.29, 1.82) is 0 Å². The molecule has 1 amide bonds. The van der Waals surface area contributed by atoms with Gasteiger partial charge in [-0.1, -0.05) is 29.8 Å². The van der Waals surface area contributed by atoms with Crippen LogP contribution in [-0.2, 0) is 37.3 Å². The molecule has 2 aromatic rings. The van der Waals surface area contributed by atoms with Crippen molar-refractivity contribution in [1.82, 2.24) is 4.72 Å². The van der Waals surface area contributed by atoms with Crippen LogP contribution in [0.15, 0.2) is 53.4 Å². The maximum Gasteiger partial charge on any atom is 0.264 e. The fourth-order valence-electron chi connectivity index (χ4n) is 6.79. The largest absolute Gasteiger partial charge is 0.487 e. The molecule has 1 aliphatic carbocycles. The number of rotatable bonds is 1. The Kier molecular flexibility index (Phi) is 8.82. The van der Waals surface area contributed by atoms with Gasteiger partial charge in [0, 0.05) is 25.2 Å². The zero-order valence-electron chi connectivity index (χ0n) is 24.0. The van der Waals surface area contributed by atoms with Gasteiger partial charge in [0.25, 0.3) is 10.0 Å². The minimum atomic E-state index is -4.11. The second-order valence-corrected chi connectivity index (χ2v) is 14.1. The standard InChI is InChI=1S/C32H39ClN2O6S/c1-39-30-7-4-6-24-18-40-20-28(24)32(36)34-42(37,38)26-11-13-31-29(16-26)35(17-22-9-12-27(22)30)14-3-2-5-21-15-25(33)10-8-23(21)19-41-31/h4,7-8,10-11,13,15-16,22,24,27-28,30H,2-3,5-6,9,12,14,17-20H2,1H3,(H,34,36)/b7-4+/t22-,24?,27+,28+,30-/m0/s1. The molecule has 8 nitrogen and oxygen atoms in total. The van der Waals surface area contributed by atoms with Crippen molar-refractivity contribution in [3.63, 3.8) is 0 Å². The van der Waals surface area contributed by atoms with E-state index in [-0.39, 0.29) is 23.5 Å². The summed E-state index contributed by atoms with van der Waals surface area (Å²) < 4.78 is 47.4. The van der Waals surface area contributed by atoms with E-state index >= 15 is 0 Å². The highest BCUT2D eigenvalue weighted by Crippen LogP contribution is 2.42. The lowest BCUT2D eigenvalue weighted by molar-refractivity contribution is -0.124. The van der Waals surface area contributed by atoms with Gasteiger partial charge in [-0.15, -0.1) is 0 Å². The zero-order valence-corrected chi connectivity index (χ0v) is 25.5. The summed E-state index contributed by atoms with van der Waals surface area (Å²) in [4.78, 5) is 15.5. The monoisotopic (exact) mass is 614 g/mol. The van der Waals surface area contributed by atoms with Crippen molar-refractivity contribution in [2.45, 2.75) is 56.1 Å². The van der Waals surface area contributed by atoms with E-state index in [1.807, 2.05) is 18.2 Å². The number of nitrogens with one attached hydrogen (secondary N) is 1. The molecule has 4 aliphatic rings. The molecule has 6 rings (SSSR count). The number of benzene rings is 2. The first kappa shape index (κ1) is 29.5. The molecule has 2 fully saturated rings. The van der Waals surface area contributed by atoms with Crippen molar-refractivity contribution in [3.8, 4) is 5.75 Å². The number of hydrogen-bond acceptors (Lipinski definition) is 7. The Hall–Kier alpha value is -2.59. The van der Waals surface area contributed by atoms with Crippen LogP contribution in [-0.4, -0.2) is 53.8 Å². The number of aryl methyl sites for hydroxylation is 1. The van der Waals surface area contributed by atoms with Crippen LogP contribution in [0.5, 0.6) is 5.75 Å². The third-order valence-corrected chi connectivity index (χ3v) is 11.0. The van der Waals surface area contributed by atoms with Crippen LogP contribution in [0, 0.1) is 23.7 Å². The quantitative estimate of drug-likeness (QED) is 0.445. The van der Waals surface area contributed by atoms with Crippen LogP contribution in [0.1, 0.15) is 43.2 Å². The number of halogens is 1. The summed E-state index contributed by atoms with van der Waals surface area (Å²) in [5.74, 6) is 0.215. The number of methoxy groups -OCH3 is 1. The number of carbonyl (C=O) groups is 1. The molecule has 1 saturated heterocycles. The summed E-state index contributed by atoms with van der Waals surface area (Å²) in [5, 5.41) is 0.708. The van der Waals surface area contributed by atoms with Gasteiger partial charge in [0.2, 0.25) is 5.91 Å². The number of amides is 1. The maximum atomic E-state index is 13.5. The number of anilines is 1. The van der Waals surface area contributed by atoms with E-state index < -0.39 is 21.8 Å². The molecule has 3 aliphatic heterocycles. The highest BCUT2D eigenvalue weighted by Gasteiger charge is 2.39. The molecule has 0 spiro atoms. The number of hydrogen-bond donors (Lipinski definition) is 1. The van der Waals surface area contributed by atoms with Crippen LogP contribution in [0.2, 0.25) is 5.02 Å². The summed E-state index contributed by atoms with van der Waals surface area (Å²) in [5.41, 5.74) is 2.97. The predicted molar refractivity (Wildman–Crippen MR) is 161 cm³/mol. The van der Waals surface area contributed by atoms with E-state index in [1.54, 1.807) is 19.2 Å². The minimum absolute atomic E-state index is 0.0168. The number of ether oxygens (including phenoxy) is 3. The van der Waals surface area contributed by atoms with E-state index in [4.69, 9.17) is 25.8 Å². The van der Waals surface area contributed by atoms with Gasteiger partial charge in [0.1, 0.15) is 12.4 Å². The van der Waals surface area contributed by atoms with Gasteiger partial charge >= 0.3 is 0 Å². The Labute approximate surface area is 253 Å². The molecule has 1 unspecified atom stereocenters. The van der Waals surface area contributed by atoms with Crippen LogP contribution < -0.4 is 14.4 Å². The van der Waals surface area contributed by atoms with Crippen molar-refractivity contribution >= 4 is 33.2 Å². The molecule has 5 atom stereocenters. The van der Waals surface area contributed by atoms with E-state index in [0.29, 0.717) is 42.2 Å². The zero-order chi connectivity index (χ0) is 29.3. The molecule has 3 heterocycles. The fraction of sp³-hybridized carbons (Fsp3) is 0.531. The highest BCUT2D eigenvalue weighted by molar-refractivity contribution is 7.90. The molecule has 10 heteroatoms. The Balaban J connectivity index is 1.39. The average molecular weight is 615 g/mol. The molecule has 42 heavy (non-hydrogen) atoms. The number of carbonyl (C=O) groups excluding carboxylic acids is 1. The Bertz CT molecular complexity index is 1450. The lowest BCUT2D eigenvalue weighted by atomic mass is 9.70. The van der Waals surface area contributed by atoms with Gasteiger partial charge in [0.15, 0.2) is 0 Å². The second kappa shape index (κ2) is 12.6. The summed E-state index contributed by atoms with van der Waals surface area (Å²) in [7, 11) is -2.35. The molecule has 226 valence electrons. The lowest BCUT2D eigenvalue weighted by Crippen LogP contribution is -2.44. The predicted octanol–water partition coefficient (Wildman–Crippen LogP) is 5.13. The maximum absolute atomic E-state index is 13.5. The van der Waals surface area contributed by atoms with Gasteiger partial charge in [-0.3, -0.25) is 4.79 Å². The number of fused-ring (bicyclic) bond motifs is 4.